The van der Waals surface area contributed by atoms with Crippen molar-refractivity contribution in [1.29, 1.82) is 0 Å². The van der Waals surface area contributed by atoms with E-state index in [1.165, 1.54) is 0 Å². The Labute approximate surface area is 102 Å². The smallest absolute Gasteiger partial charge is 0.287 e. The Balaban J connectivity index is 4.18. The summed E-state index contributed by atoms with van der Waals surface area (Å²) < 4.78 is 27.5. The zero-order valence-corrected chi connectivity index (χ0v) is 11.6. The number of hydrogen-bond donors (Lipinski definition) is 0. The van der Waals surface area contributed by atoms with E-state index in [0.29, 0.717) is 13.0 Å². The monoisotopic (exact) mass is 265 g/mol. The van der Waals surface area contributed by atoms with Crippen LogP contribution in [-0.4, -0.2) is 25.4 Å². The topological polar surface area (TPSA) is 93.5 Å². The van der Waals surface area contributed by atoms with Gasteiger partial charge < -0.3 is 0 Å². The minimum atomic E-state index is -3.52. The Bertz CT molecular complexity index is 289. The van der Waals surface area contributed by atoms with E-state index in [0.717, 1.165) is 0 Å². The third-order valence-corrected chi connectivity index (χ3v) is 3.25. The van der Waals surface area contributed by atoms with Gasteiger partial charge in [0.15, 0.2) is 0 Å². The highest BCUT2D eigenvalue weighted by molar-refractivity contribution is 7.48. The normalized spacial score (nSPS) is 11.9. The second-order valence-electron chi connectivity index (χ2n) is 3.90. The van der Waals surface area contributed by atoms with Gasteiger partial charge in [-0.15, -0.1) is 0 Å². The third kappa shape index (κ3) is 9.15. The molecule has 8 heteroatoms. The van der Waals surface area contributed by atoms with Crippen LogP contribution in [0.4, 0.5) is 0 Å². The van der Waals surface area contributed by atoms with Crippen LogP contribution in [0.15, 0.2) is 5.11 Å². The maximum absolute atomic E-state index is 12.1. The lowest BCUT2D eigenvalue weighted by molar-refractivity contribution is 0.0720. The second-order valence-corrected chi connectivity index (χ2v) is 5.47. The molecule has 0 heterocycles. The molecule has 0 aliphatic heterocycles. The van der Waals surface area contributed by atoms with Crippen LogP contribution in [0.1, 0.15) is 34.1 Å². The number of phosphoric ester groups is 1. The molecule has 0 aromatic carbocycles. The summed E-state index contributed by atoms with van der Waals surface area (Å²) in [5.74, 6) is 0. The zero-order valence-electron chi connectivity index (χ0n) is 10.7. The van der Waals surface area contributed by atoms with Gasteiger partial charge in [0.2, 0.25) is 0 Å². The molecule has 0 aromatic heterocycles. The first-order valence-corrected chi connectivity index (χ1v) is 6.98. The Morgan fingerprint density at radius 3 is 2.18 bits per heavy atom. The highest BCUT2D eigenvalue weighted by Crippen LogP contribution is 2.51. The van der Waals surface area contributed by atoms with E-state index < -0.39 is 7.82 Å². The van der Waals surface area contributed by atoms with Gasteiger partial charge in [-0.3, -0.25) is 13.6 Å². The van der Waals surface area contributed by atoms with E-state index in [4.69, 9.17) is 19.1 Å². The zero-order chi connectivity index (χ0) is 13.3. The van der Waals surface area contributed by atoms with Gasteiger partial charge in [-0.25, -0.2) is 4.57 Å². The number of hydrogen-bond acceptors (Lipinski definition) is 5. The van der Waals surface area contributed by atoms with Crippen molar-refractivity contribution < 1.29 is 18.1 Å². The third-order valence-electron chi connectivity index (χ3n) is 1.39. The molecule has 0 bridgehead atoms. The molecule has 0 aromatic rings. The number of nitrogens with zero attached hydrogens (tertiary/aromatic N) is 3. The van der Waals surface area contributed by atoms with Crippen LogP contribution in [0.5, 0.6) is 0 Å². The minimum absolute atomic E-state index is 0.162. The molecule has 0 N–H and O–H groups in total. The van der Waals surface area contributed by atoms with E-state index in [2.05, 4.69) is 10.0 Å². The summed E-state index contributed by atoms with van der Waals surface area (Å²) >= 11 is 0. The van der Waals surface area contributed by atoms with Crippen molar-refractivity contribution in [1.82, 2.24) is 0 Å². The summed E-state index contributed by atoms with van der Waals surface area (Å²) in [5.41, 5.74) is 8.08. The Morgan fingerprint density at radius 2 is 1.76 bits per heavy atom. The fourth-order valence-electron chi connectivity index (χ4n) is 0.958. The number of phosphoric acid groups is 1. The summed E-state index contributed by atoms with van der Waals surface area (Å²) in [5, 5.41) is 3.34. The fraction of sp³-hybridized carbons (Fsp3) is 1.00. The lowest BCUT2D eigenvalue weighted by Crippen LogP contribution is -2.10. The average Bonchev–Trinajstić information content (AvgIpc) is 2.14. The Morgan fingerprint density at radius 1 is 1.24 bits per heavy atom. The summed E-state index contributed by atoms with van der Waals surface area (Å²) in [4.78, 5) is 2.60. The molecule has 0 unspecified atom stereocenters. The van der Waals surface area contributed by atoms with Crippen molar-refractivity contribution in [2.75, 3.05) is 13.2 Å². The van der Waals surface area contributed by atoms with E-state index in [1.54, 1.807) is 27.7 Å². The lowest BCUT2D eigenvalue weighted by Gasteiger charge is -2.21. The van der Waals surface area contributed by atoms with Crippen LogP contribution in [0.3, 0.4) is 0 Å². The summed E-state index contributed by atoms with van der Waals surface area (Å²) in [6, 6.07) is 0. The van der Waals surface area contributed by atoms with Crippen molar-refractivity contribution in [2.45, 2.75) is 46.3 Å². The Kier molecular flexibility index (Phi) is 8.21. The molecule has 0 fully saturated rings. The Hall–Kier alpha value is -0.580. The molecule has 17 heavy (non-hydrogen) atoms. The van der Waals surface area contributed by atoms with E-state index >= 15 is 0 Å². The maximum Gasteiger partial charge on any atom is 0.475 e. The highest BCUT2D eigenvalue weighted by atomic mass is 31.2. The van der Waals surface area contributed by atoms with E-state index in [1.807, 2.05) is 0 Å². The maximum atomic E-state index is 12.1. The van der Waals surface area contributed by atoms with E-state index in [9.17, 15) is 4.57 Å². The predicted octanol–water partition coefficient (Wildman–Crippen LogP) is 3.66. The molecule has 0 spiro atoms. The van der Waals surface area contributed by atoms with Crippen molar-refractivity contribution in [3.8, 4) is 0 Å². The van der Waals surface area contributed by atoms with Gasteiger partial charge in [-0.1, -0.05) is 5.11 Å². The lowest BCUT2D eigenvalue weighted by atomic mass is 10.5. The molecule has 0 rings (SSSR count). The predicted molar refractivity (Wildman–Crippen MR) is 64.6 cm³/mol. The first-order chi connectivity index (χ1) is 7.89. The van der Waals surface area contributed by atoms with Crippen LogP contribution >= 0.6 is 7.82 Å². The molecule has 0 amide bonds. The highest BCUT2D eigenvalue weighted by Gasteiger charge is 2.29. The fourth-order valence-corrected chi connectivity index (χ4v) is 2.52. The second kappa shape index (κ2) is 8.50. The van der Waals surface area contributed by atoms with Crippen LogP contribution in [-0.2, 0) is 18.1 Å². The van der Waals surface area contributed by atoms with Crippen molar-refractivity contribution >= 4 is 7.82 Å². The van der Waals surface area contributed by atoms with Crippen LogP contribution in [0.2, 0.25) is 0 Å². The summed E-state index contributed by atoms with van der Waals surface area (Å²) in [7, 11) is -3.52. The van der Waals surface area contributed by atoms with Gasteiger partial charge in [-0.05, 0) is 39.6 Å². The molecule has 0 atom stereocenters. The van der Waals surface area contributed by atoms with Crippen molar-refractivity contribution in [3.63, 3.8) is 0 Å². The largest absolute Gasteiger partial charge is 0.475 e. The van der Waals surface area contributed by atoms with Gasteiger partial charge in [-0.2, -0.15) is 0 Å². The van der Waals surface area contributed by atoms with Gasteiger partial charge >= 0.3 is 7.82 Å². The molecule has 0 saturated carbocycles. The summed E-state index contributed by atoms with van der Waals surface area (Å²) in [6.07, 6.45) is -0.0369. The van der Waals surface area contributed by atoms with Gasteiger partial charge in [0.1, 0.15) is 0 Å². The van der Waals surface area contributed by atoms with Crippen molar-refractivity contribution in [3.05, 3.63) is 10.4 Å². The molecule has 7 nitrogen and oxygen atoms in total. The molecule has 0 aliphatic carbocycles. The SMILES string of the molecule is CC(C)OP(=O)(OCCCN=[N+]=[N-])OC(C)C. The standard InChI is InChI=1S/C9H20N3O4P/c1-8(2)15-17(13,16-9(3)4)14-7-5-6-11-12-10/h8-9H,5-7H2,1-4H3. The van der Waals surface area contributed by atoms with Crippen LogP contribution in [0.25, 0.3) is 10.4 Å². The summed E-state index contributed by atoms with van der Waals surface area (Å²) in [6.45, 7) is 7.45. The average molecular weight is 265 g/mol. The number of rotatable bonds is 9. The van der Waals surface area contributed by atoms with Crippen LogP contribution < -0.4 is 0 Å². The molecular formula is C9H20N3O4P. The van der Waals surface area contributed by atoms with Gasteiger partial charge in [0.05, 0.1) is 18.8 Å². The van der Waals surface area contributed by atoms with Crippen molar-refractivity contribution in [2.24, 2.45) is 5.11 Å². The van der Waals surface area contributed by atoms with Crippen LogP contribution in [0, 0.1) is 0 Å². The number of azide groups is 1. The quantitative estimate of drug-likeness (QED) is 0.209. The molecular weight excluding hydrogens is 245 g/mol. The minimum Gasteiger partial charge on any atom is -0.287 e. The molecule has 100 valence electrons. The molecule has 0 aliphatic rings. The van der Waals surface area contributed by atoms with Gasteiger partial charge in [0.25, 0.3) is 0 Å². The first kappa shape index (κ1) is 16.4. The molecule has 0 saturated heterocycles. The van der Waals surface area contributed by atoms with Gasteiger partial charge in [0, 0.05) is 11.5 Å². The molecule has 0 radical (unpaired) electrons. The van der Waals surface area contributed by atoms with E-state index in [-0.39, 0.29) is 18.8 Å². The first-order valence-electron chi connectivity index (χ1n) is 5.52.